The minimum Gasteiger partial charge on any atom is -0.478 e. The summed E-state index contributed by atoms with van der Waals surface area (Å²) >= 11 is 7.71. The van der Waals surface area contributed by atoms with Crippen molar-refractivity contribution in [2.45, 2.75) is 44.9 Å². The summed E-state index contributed by atoms with van der Waals surface area (Å²) in [5.74, 6) is 0.956. The topological polar surface area (TPSA) is 63.0 Å². The van der Waals surface area contributed by atoms with E-state index in [1.807, 2.05) is 43.0 Å². The molecule has 33 heavy (non-hydrogen) atoms. The number of hydrogen-bond donors (Lipinski definition) is 0. The molecule has 8 heteroatoms. The second kappa shape index (κ2) is 8.88. The standard InChI is InChI=1S/C25H25ClN2O4S/c1-15-5-6-18(16(2)14-15)32-23-22(20-7-8-21(26)33-20)28(25(23)30)17-9-11-27(12-10-17)24(29)19-4-3-13-31-19/h3-8,13-14,17,22-23H,9-12H2,1-2H3/t22-,23-/m0/s1. The maximum absolute atomic E-state index is 13.3. The third-order valence-electron chi connectivity index (χ3n) is 6.43. The molecule has 2 aliphatic rings. The largest absolute Gasteiger partial charge is 0.478 e. The third kappa shape index (κ3) is 4.15. The number of carbonyl (C=O) groups is 2. The molecule has 0 radical (unpaired) electrons. The molecule has 0 aliphatic carbocycles. The average molecular weight is 485 g/mol. The average Bonchev–Trinajstić information content (AvgIpc) is 3.48. The molecule has 2 aliphatic heterocycles. The summed E-state index contributed by atoms with van der Waals surface area (Å²) in [6.07, 6.45) is 2.35. The van der Waals surface area contributed by atoms with Gasteiger partial charge in [-0.05, 0) is 62.6 Å². The number of ether oxygens (including phenoxy) is 1. The SMILES string of the molecule is Cc1ccc(O[C@@H]2C(=O)N(C3CCN(C(=O)c4ccco4)CC3)[C@H]2c2ccc(Cl)s2)c(C)c1. The Bertz CT molecular complexity index is 1170. The predicted octanol–water partition coefficient (Wildman–Crippen LogP) is 5.25. The second-order valence-electron chi connectivity index (χ2n) is 8.64. The molecular weight excluding hydrogens is 460 g/mol. The molecule has 0 N–H and O–H groups in total. The minimum absolute atomic E-state index is 0.0136. The highest BCUT2D eigenvalue weighted by molar-refractivity contribution is 7.16. The maximum Gasteiger partial charge on any atom is 0.289 e. The zero-order chi connectivity index (χ0) is 23.1. The van der Waals surface area contributed by atoms with Gasteiger partial charge in [-0.1, -0.05) is 29.3 Å². The molecule has 172 valence electrons. The van der Waals surface area contributed by atoms with Crippen LogP contribution in [0.1, 0.15) is 45.4 Å². The van der Waals surface area contributed by atoms with E-state index >= 15 is 0 Å². The van der Waals surface area contributed by atoms with Gasteiger partial charge < -0.3 is 19.0 Å². The molecule has 0 unspecified atom stereocenters. The van der Waals surface area contributed by atoms with Gasteiger partial charge in [0.25, 0.3) is 11.8 Å². The van der Waals surface area contributed by atoms with E-state index < -0.39 is 6.10 Å². The Morgan fingerprint density at radius 2 is 1.94 bits per heavy atom. The monoisotopic (exact) mass is 484 g/mol. The summed E-state index contributed by atoms with van der Waals surface area (Å²) in [7, 11) is 0. The second-order valence-corrected chi connectivity index (χ2v) is 10.4. The summed E-state index contributed by atoms with van der Waals surface area (Å²) in [6, 6.07) is 13.1. The number of piperidine rings is 1. The van der Waals surface area contributed by atoms with E-state index in [2.05, 4.69) is 6.07 Å². The van der Waals surface area contributed by atoms with Gasteiger partial charge >= 0.3 is 0 Å². The number of rotatable bonds is 5. The molecule has 0 bridgehead atoms. The number of thiophene rings is 1. The molecule has 0 saturated carbocycles. The van der Waals surface area contributed by atoms with Crippen molar-refractivity contribution in [1.82, 2.24) is 9.80 Å². The Hall–Kier alpha value is -2.77. The number of halogens is 1. The van der Waals surface area contributed by atoms with Crippen molar-refractivity contribution in [2.75, 3.05) is 13.1 Å². The molecule has 2 atom stereocenters. The highest BCUT2D eigenvalue weighted by Crippen LogP contribution is 2.44. The summed E-state index contributed by atoms with van der Waals surface area (Å²) in [4.78, 5) is 30.7. The number of carbonyl (C=O) groups excluding carboxylic acids is 2. The van der Waals surface area contributed by atoms with Gasteiger partial charge in [0.15, 0.2) is 5.76 Å². The van der Waals surface area contributed by atoms with Gasteiger partial charge in [0, 0.05) is 24.0 Å². The lowest BCUT2D eigenvalue weighted by Gasteiger charge is -2.51. The van der Waals surface area contributed by atoms with Crippen molar-refractivity contribution in [1.29, 1.82) is 0 Å². The van der Waals surface area contributed by atoms with E-state index in [-0.39, 0.29) is 23.9 Å². The first-order valence-corrected chi connectivity index (χ1v) is 12.3. The van der Waals surface area contributed by atoms with Gasteiger partial charge in [-0.3, -0.25) is 9.59 Å². The fraction of sp³-hybridized carbons (Fsp3) is 0.360. The van der Waals surface area contributed by atoms with E-state index in [0.717, 1.165) is 21.8 Å². The number of benzene rings is 1. The number of β-lactam (4-membered cyclic amide) rings is 1. The van der Waals surface area contributed by atoms with Crippen molar-refractivity contribution in [3.8, 4) is 5.75 Å². The third-order valence-corrected chi connectivity index (χ3v) is 7.73. The summed E-state index contributed by atoms with van der Waals surface area (Å²) in [5.41, 5.74) is 2.16. The molecule has 3 aromatic rings. The number of amides is 2. The molecule has 4 heterocycles. The number of aryl methyl sites for hydroxylation is 2. The first-order valence-electron chi connectivity index (χ1n) is 11.1. The molecule has 2 saturated heterocycles. The van der Waals surface area contributed by atoms with Crippen molar-refractivity contribution >= 4 is 34.8 Å². The number of hydrogen-bond acceptors (Lipinski definition) is 5. The molecule has 2 aromatic heterocycles. The predicted molar refractivity (Wildman–Crippen MR) is 127 cm³/mol. The zero-order valence-electron chi connectivity index (χ0n) is 18.5. The lowest BCUT2D eigenvalue weighted by molar-refractivity contribution is -0.170. The van der Waals surface area contributed by atoms with E-state index in [1.54, 1.807) is 17.0 Å². The van der Waals surface area contributed by atoms with Crippen LogP contribution < -0.4 is 4.74 Å². The Balaban J connectivity index is 1.33. The van der Waals surface area contributed by atoms with Crippen LogP contribution >= 0.6 is 22.9 Å². The number of likely N-dealkylation sites (tertiary alicyclic amines) is 2. The molecule has 2 fully saturated rings. The van der Waals surface area contributed by atoms with Crippen LogP contribution in [0.3, 0.4) is 0 Å². The lowest BCUT2D eigenvalue weighted by atomic mass is 9.89. The summed E-state index contributed by atoms with van der Waals surface area (Å²) < 4.78 is 12.2. The first kappa shape index (κ1) is 22.0. The van der Waals surface area contributed by atoms with Gasteiger partial charge in [-0.2, -0.15) is 0 Å². The quantitative estimate of drug-likeness (QED) is 0.464. The maximum atomic E-state index is 13.3. The van der Waals surface area contributed by atoms with Crippen LogP contribution in [-0.4, -0.2) is 46.8 Å². The molecule has 5 rings (SSSR count). The Labute approximate surface area is 201 Å². The smallest absolute Gasteiger partial charge is 0.289 e. The van der Waals surface area contributed by atoms with Crippen LogP contribution in [0.5, 0.6) is 5.75 Å². The first-order chi connectivity index (χ1) is 15.9. The fourth-order valence-electron chi connectivity index (χ4n) is 4.75. The Morgan fingerprint density at radius 1 is 1.15 bits per heavy atom. The molecule has 1 aromatic carbocycles. The summed E-state index contributed by atoms with van der Waals surface area (Å²) in [6.45, 7) is 5.18. The van der Waals surface area contributed by atoms with Crippen molar-refractivity contribution in [3.05, 3.63) is 74.8 Å². The zero-order valence-corrected chi connectivity index (χ0v) is 20.1. The van der Waals surface area contributed by atoms with Gasteiger partial charge in [0.05, 0.1) is 10.6 Å². The Kier molecular flexibility index (Phi) is 5.93. The van der Waals surface area contributed by atoms with Crippen molar-refractivity contribution in [2.24, 2.45) is 0 Å². The molecule has 0 spiro atoms. The van der Waals surface area contributed by atoms with Gasteiger partial charge in [0.2, 0.25) is 6.10 Å². The van der Waals surface area contributed by atoms with Gasteiger partial charge in [-0.25, -0.2) is 0 Å². The summed E-state index contributed by atoms with van der Waals surface area (Å²) in [5, 5.41) is 0. The van der Waals surface area contributed by atoms with Crippen molar-refractivity contribution in [3.63, 3.8) is 0 Å². The molecule has 2 amide bonds. The Morgan fingerprint density at radius 3 is 2.58 bits per heavy atom. The van der Waals surface area contributed by atoms with E-state index in [1.165, 1.54) is 17.6 Å². The fourth-order valence-corrected chi connectivity index (χ4v) is 5.94. The van der Waals surface area contributed by atoms with Crippen LogP contribution in [-0.2, 0) is 4.79 Å². The van der Waals surface area contributed by atoms with Gasteiger partial charge in [-0.15, -0.1) is 11.3 Å². The van der Waals surface area contributed by atoms with Crippen LogP contribution in [0.15, 0.2) is 53.1 Å². The van der Waals surface area contributed by atoms with Crippen LogP contribution in [0.2, 0.25) is 4.34 Å². The van der Waals surface area contributed by atoms with E-state index in [4.69, 9.17) is 20.8 Å². The van der Waals surface area contributed by atoms with Gasteiger partial charge in [0.1, 0.15) is 11.8 Å². The highest BCUT2D eigenvalue weighted by atomic mass is 35.5. The molecular formula is C25H25ClN2O4S. The van der Waals surface area contributed by atoms with Crippen LogP contribution in [0.25, 0.3) is 0 Å². The normalized spacial score (nSPS) is 21.2. The van der Waals surface area contributed by atoms with Crippen LogP contribution in [0, 0.1) is 13.8 Å². The highest BCUT2D eigenvalue weighted by Gasteiger charge is 2.54. The minimum atomic E-state index is -0.580. The number of furan rings is 1. The van der Waals surface area contributed by atoms with Crippen LogP contribution in [0.4, 0.5) is 0 Å². The van der Waals surface area contributed by atoms with E-state index in [0.29, 0.717) is 36.0 Å². The lowest BCUT2D eigenvalue weighted by Crippen LogP contribution is -2.65. The molecule has 6 nitrogen and oxygen atoms in total. The van der Waals surface area contributed by atoms with Crippen molar-refractivity contribution < 1.29 is 18.7 Å². The number of nitrogens with zero attached hydrogens (tertiary/aromatic N) is 2. The van der Waals surface area contributed by atoms with E-state index in [9.17, 15) is 9.59 Å².